The zero-order chi connectivity index (χ0) is 14.7. The second-order valence-corrected chi connectivity index (χ2v) is 4.05. The number of aryl methyl sites for hydroxylation is 2. The van der Waals surface area contributed by atoms with Crippen LogP contribution in [0.3, 0.4) is 0 Å². The summed E-state index contributed by atoms with van der Waals surface area (Å²) in [5, 5.41) is 24.4. The molecule has 0 unspecified atom stereocenters. The molecule has 0 aliphatic heterocycles. The second kappa shape index (κ2) is 5.47. The second-order valence-electron chi connectivity index (χ2n) is 4.05. The van der Waals surface area contributed by atoms with E-state index >= 15 is 0 Å². The van der Waals surface area contributed by atoms with Crippen LogP contribution in [-0.2, 0) is 13.6 Å². The minimum Gasteiger partial charge on any atom is -0.357 e. The van der Waals surface area contributed by atoms with Crippen molar-refractivity contribution >= 4 is 17.5 Å². The molecule has 0 radical (unpaired) electrons. The Labute approximate surface area is 114 Å². The van der Waals surface area contributed by atoms with Crippen LogP contribution in [0.2, 0.25) is 0 Å². The summed E-state index contributed by atoms with van der Waals surface area (Å²) in [5.74, 6) is 1.10. The largest absolute Gasteiger partial charge is 0.357 e. The van der Waals surface area contributed by atoms with Crippen molar-refractivity contribution in [2.45, 2.75) is 13.5 Å². The lowest BCUT2D eigenvalue weighted by atomic mass is 10.3. The third kappa shape index (κ3) is 2.63. The Balaban J connectivity index is 2.31. The molecule has 0 amide bonds. The minimum absolute atomic E-state index is 0.147. The Bertz CT molecular complexity index is 638. The van der Waals surface area contributed by atoms with Gasteiger partial charge >= 0.3 is 5.69 Å². The van der Waals surface area contributed by atoms with Crippen LogP contribution in [0.15, 0.2) is 6.33 Å². The fourth-order valence-electron chi connectivity index (χ4n) is 1.65. The number of aromatic nitrogens is 5. The maximum Gasteiger partial charge on any atom is 0.332 e. The van der Waals surface area contributed by atoms with Crippen LogP contribution >= 0.6 is 0 Å². The maximum absolute atomic E-state index is 11.1. The highest BCUT2D eigenvalue weighted by Crippen LogP contribution is 2.26. The normalized spacial score (nSPS) is 10.3. The molecule has 106 valence electrons. The van der Waals surface area contributed by atoms with E-state index in [-0.39, 0.29) is 23.7 Å². The van der Waals surface area contributed by atoms with E-state index in [4.69, 9.17) is 0 Å². The van der Waals surface area contributed by atoms with Crippen molar-refractivity contribution in [1.29, 1.82) is 0 Å². The van der Waals surface area contributed by atoms with Crippen LogP contribution < -0.4 is 10.6 Å². The summed E-state index contributed by atoms with van der Waals surface area (Å²) in [6.45, 7) is 1.84. The highest BCUT2D eigenvalue weighted by molar-refractivity contribution is 5.60. The van der Waals surface area contributed by atoms with Crippen molar-refractivity contribution in [1.82, 2.24) is 24.7 Å². The summed E-state index contributed by atoms with van der Waals surface area (Å²) < 4.78 is 1.71. The third-order valence-corrected chi connectivity index (χ3v) is 2.68. The van der Waals surface area contributed by atoms with E-state index < -0.39 is 4.92 Å². The molecule has 0 atom stereocenters. The van der Waals surface area contributed by atoms with Crippen LogP contribution in [0.1, 0.15) is 11.5 Å². The average Bonchev–Trinajstić information content (AvgIpc) is 2.80. The number of hydrogen-bond donors (Lipinski definition) is 2. The smallest absolute Gasteiger partial charge is 0.332 e. The van der Waals surface area contributed by atoms with Gasteiger partial charge in [-0.25, -0.2) is 4.98 Å². The predicted molar refractivity (Wildman–Crippen MR) is 71.3 cm³/mol. The molecular weight excluding hydrogens is 264 g/mol. The number of nitrogens with zero attached hydrogens (tertiary/aromatic N) is 6. The van der Waals surface area contributed by atoms with Crippen molar-refractivity contribution in [3.63, 3.8) is 0 Å². The van der Waals surface area contributed by atoms with Gasteiger partial charge in [-0.1, -0.05) is 0 Å². The van der Waals surface area contributed by atoms with E-state index in [1.165, 1.54) is 0 Å². The highest BCUT2D eigenvalue weighted by atomic mass is 16.6. The average molecular weight is 278 g/mol. The Kier molecular flexibility index (Phi) is 3.73. The van der Waals surface area contributed by atoms with Gasteiger partial charge in [-0.2, -0.15) is 4.98 Å². The van der Waals surface area contributed by atoms with Crippen molar-refractivity contribution < 1.29 is 4.92 Å². The van der Waals surface area contributed by atoms with E-state index in [0.717, 1.165) is 0 Å². The monoisotopic (exact) mass is 278 g/mol. The first-order valence-corrected chi connectivity index (χ1v) is 5.80. The molecule has 0 aromatic carbocycles. The summed E-state index contributed by atoms with van der Waals surface area (Å²) in [6, 6.07) is 0. The third-order valence-electron chi connectivity index (χ3n) is 2.68. The highest BCUT2D eigenvalue weighted by Gasteiger charge is 2.22. The first-order chi connectivity index (χ1) is 9.52. The van der Waals surface area contributed by atoms with Crippen molar-refractivity contribution in [3.05, 3.63) is 28.0 Å². The lowest BCUT2D eigenvalue weighted by Gasteiger charge is -2.09. The molecule has 0 fully saturated rings. The van der Waals surface area contributed by atoms with E-state index in [1.807, 2.05) is 0 Å². The summed E-state index contributed by atoms with van der Waals surface area (Å²) in [5.41, 5.74) is 0.140. The van der Waals surface area contributed by atoms with Crippen LogP contribution in [0.25, 0.3) is 0 Å². The van der Waals surface area contributed by atoms with Crippen molar-refractivity contribution in [2.24, 2.45) is 7.05 Å². The predicted octanol–water partition coefficient (Wildman–Crippen LogP) is 0.476. The van der Waals surface area contributed by atoms with E-state index in [0.29, 0.717) is 11.8 Å². The lowest BCUT2D eigenvalue weighted by Crippen LogP contribution is -2.11. The van der Waals surface area contributed by atoms with E-state index in [1.54, 1.807) is 31.9 Å². The SMILES string of the molecule is CNc1nc(C)c([N+](=O)[O-])c(NCc2nncn2C)n1. The molecule has 0 bridgehead atoms. The number of rotatable bonds is 5. The van der Waals surface area contributed by atoms with Gasteiger partial charge in [0.25, 0.3) is 0 Å². The van der Waals surface area contributed by atoms with Crippen LogP contribution in [0.4, 0.5) is 17.5 Å². The molecule has 10 heteroatoms. The van der Waals surface area contributed by atoms with Gasteiger partial charge in [-0.15, -0.1) is 10.2 Å². The molecule has 2 aromatic rings. The van der Waals surface area contributed by atoms with E-state index in [9.17, 15) is 10.1 Å². The van der Waals surface area contributed by atoms with Gasteiger partial charge in [0, 0.05) is 14.1 Å². The number of anilines is 2. The van der Waals surface area contributed by atoms with Gasteiger partial charge in [0.2, 0.25) is 11.8 Å². The molecule has 0 saturated heterocycles. The molecule has 0 spiro atoms. The maximum atomic E-state index is 11.1. The Morgan fingerprint density at radius 1 is 1.45 bits per heavy atom. The fraction of sp³-hybridized carbons (Fsp3) is 0.400. The van der Waals surface area contributed by atoms with Gasteiger partial charge in [-0.3, -0.25) is 10.1 Å². The molecule has 2 heterocycles. The van der Waals surface area contributed by atoms with Crippen molar-refractivity contribution in [3.8, 4) is 0 Å². The summed E-state index contributed by atoms with van der Waals surface area (Å²) in [4.78, 5) is 18.7. The summed E-state index contributed by atoms with van der Waals surface area (Å²) >= 11 is 0. The van der Waals surface area contributed by atoms with Gasteiger partial charge in [-0.05, 0) is 6.92 Å². The van der Waals surface area contributed by atoms with E-state index in [2.05, 4.69) is 30.8 Å². The van der Waals surface area contributed by atoms with Crippen LogP contribution in [-0.4, -0.2) is 36.7 Å². The van der Waals surface area contributed by atoms with Crippen LogP contribution in [0.5, 0.6) is 0 Å². The zero-order valence-electron chi connectivity index (χ0n) is 11.3. The molecule has 20 heavy (non-hydrogen) atoms. The molecule has 0 aliphatic carbocycles. The molecule has 0 saturated carbocycles. The van der Waals surface area contributed by atoms with Gasteiger partial charge in [0.05, 0.1) is 11.5 Å². The number of nitrogens with one attached hydrogen (secondary N) is 2. The van der Waals surface area contributed by atoms with Gasteiger partial charge in [0.1, 0.15) is 12.0 Å². The zero-order valence-corrected chi connectivity index (χ0v) is 11.3. The number of hydrogen-bond acceptors (Lipinski definition) is 8. The first-order valence-electron chi connectivity index (χ1n) is 5.80. The molecule has 10 nitrogen and oxygen atoms in total. The lowest BCUT2D eigenvalue weighted by molar-refractivity contribution is -0.385. The van der Waals surface area contributed by atoms with Crippen LogP contribution in [0, 0.1) is 17.0 Å². The molecule has 2 N–H and O–H groups in total. The summed E-state index contributed by atoms with van der Waals surface area (Å²) in [7, 11) is 3.43. The minimum atomic E-state index is -0.506. The molecule has 2 rings (SSSR count). The Morgan fingerprint density at radius 2 is 2.20 bits per heavy atom. The topological polar surface area (TPSA) is 124 Å². The quantitative estimate of drug-likeness (QED) is 0.597. The Morgan fingerprint density at radius 3 is 2.75 bits per heavy atom. The molecule has 0 aliphatic rings. The molecular formula is C10H14N8O2. The fourth-order valence-corrected chi connectivity index (χ4v) is 1.65. The Hall–Kier alpha value is -2.78. The summed E-state index contributed by atoms with van der Waals surface area (Å²) in [6.07, 6.45) is 1.55. The van der Waals surface area contributed by atoms with Gasteiger partial charge < -0.3 is 15.2 Å². The standard InChI is InChI=1S/C10H14N8O2/c1-6-8(18(19)20)9(15-10(11-2)14-6)12-4-7-16-13-5-17(7)3/h5H,4H2,1-3H3,(H2,11,12,14,15). The van der Waals surface area contributed by atoms with Crippen molar-refractivity contribution in [2.75, 3.05) is 17.7 Å². The number of nitro groups is 1. The first kappa shape index (κ1) is 13.6. The van der Waals surface area contributed by atoms with Gasteiger partial charge in [0.15, 0.2) is 5.82 Å². The molecule has 2 aromatic heterocycles.